The van der Waals surface area contributed by atoms with Gasteiger partial charge in [0.25, 0.3) is 5.91 Å². The van der Waals surface area contributed by atoms with Crippen molar-refractivity contribution in [2.75, 3.05) is 34.4 Å². The van der Waals surface area contributed by atoms with Gasteiger partial charge in [-0.05, 0) is 37.6 Å². The summed E-state index contributed by atoms with van der Waals surface area (Å²) in [7, 11) is 5.03. The first-order chi connectivity index (χ1) is 9.58. The van der Waals surface area contributed by atoms with Gasteiger partial charge in [-0.3, -0.25) is 4.79 Å². The lowest BCUT2D eigenvalue weighted by Crippen LogP contribution is -2.38. The van der Waals surface area contributed by atoms with Crippen LogP contribution in [0.1, 0.15) is 22.3 Å². The fraction of sp³-hybridized carbons (Fsp3) is 0.533. The molecule has 1 N–H and O–H groups in total. The summed E-state index contributed by atoms with van der Waals surface area (Å²) in [5, 5.41) is 3.28. The third kappa shape index (κ3) is 2.72. The molecule has 1 saturated heterocycles. The van der Waals surface area contributed by atoms with Gasteiger partial charge in [-0.2, -0.15) is 0 Å². The van der Waals surface area contributed by atoms with E-state index in [1.54, 1.807) is 20.3 Å². The molecule has 20 heavy (non-hydrogen) atoms. The zero-order valence-corrected chi connectivity index (χ0v) is 12.5. The molecule has 1 aliphatic rings. The zero-order chi connectivity index (χ0) is 14.7. The lowest BCUT2D eigenvalue weighted by atomic mass is 10.1. The number of rotatable bonds is 4. The number of nitrogens with zero attached hydrogens (tertiary/aromatic N) is 1. The molecule has 1 heterocycles. The fourth-order valence-corrected chi connectivity index (χ4v) is 2.54. The van der Waals surface area contributed by atoms with Crippen LogP contribution < -0.4 is 14.8 Å². The number of ether oxygens (including phenoxy) is 2. The maximum absolute atomic E-state index is 12.6. The summed E-state index contributed by atoms with van der Waals surface area (Å²) in [5.74, 6) is 1.25. The first-order valence-corrected chi connectivity index (χ1v) is 6.79. The predicted octanol–water partition coefficient (Wildman–Crippen LogP) is 1.45. The normalized spacial score (nSPS) is 17.9. The van der Waals surface area contributed by atoms with E-state index in [-0.39, 0.29) is 11.9 Å². The number of hydrogen-bond donors (Lipinski definition) is 1. The Morgan fingerprint density at radius 1 is 1.30 bits per heavy atom. The average molecular weight is 278 g/mol. The Balaban J connectivity index is 2.29. The molecule has 1 amide bonds. The van der Waals surface area contributed by atoms with Gasteiger partial charge in [0, 0.05) is 25.2 Å². The van der Waals surface area contributed by atoms with Crippen molar-refractivity contribution in [3.8, 4) is 11.5 Å². The molecule has 110 valence electrons. The Morgan fingerprint density at radius 2 is 1.95 bits per heavy atom. The minimum absolute atomic E-state index is 0.0251. The van der Waals surface area contributed by atoms with Crippen molar-refractivity contribution in [1.82, 2.24) is 10.2 Å². The molecule has 1 aliphatic heterocycles. The van der Waals surface area contributed by atoms with Crippen molar-refractivity contribution in [3.63, 3.8) is 0 Å². The van der Waals surface area contributed by atoms with Gasteiger partial charge in [0.05, 0.1) is 14.2 Å². The van der Waals surface area contributed by atoms with Gasteiger partial charge >= 0.3 is 0 Å². The van der Waals surface area contributed by atoms with Crippen LogP contribution in [-0.2, 0) is 0 Å². The Labute approximate surface area is 119 Å². The van der Waals surface area contributed by atoms with E-state index in [4.69, 9.17) is 9.47 Å². The van der Waals surface area contributed by atoms with Crippen LogP contribution in [0.4, 0.5) is 0 Å². The van der Waals surface area contributed by atoms with E-state index in [9.17, 15) is 4.79 Å². The number of carbonyl (C=O) groups excluding carboxylic acids is 1. The molecule has 0 bridgehead atoms. The van der Waals surface area contributed by atoms with Gasteiger partial charge in [0.1, 0.15) is 0 Å². The number of methoxy groups -OCH3 is 2. The van der Waals surface area contributed by atoms with Crippen LogP contribution in [0.25, 0.3) is 0 Å². The maximum Gasteiger partial charge on any atom is 0.254 e. The van der Waals surface area contributed by atoms with Crippen molar-refractivity contribution in [2.45, 2.75) is 19.4 Å². The van der Waals surface area contributed by atoms with E-state index in [1.165, 1.54) is 0 Å². The highest BCUT2D eigenvalue weighted by atomic mass is 16.5. The molecule has 0 aliphatic carbocycles. The zero-order valence-electron chi connectivity index (χ0n) is 12.5. The van der Waals surface area contributed by atoms with E-state index in [0.717, 1.165) is 25.1 Å². The third-order valence-electron chi connectivity index (χ3n) is 3.86. The van der Waals surface area contributed by atoms with Crippen LogP contribution >= 0.6 is 0 Å². The minimum atomic E-state index is 0.0251. The van der Waals surface area contributed by atoms with Gasteiger partial charge in [-0.25, -0.2) is 0 Å². The van der Waals surface area contributed by atoms with E-state index < -0.39 is 0 Å². The van der Waals surface area contributed by atoms with Crippen molar-refractivity contribution < 1.29 is 14.3 Å². The standard InChI is InChI=1S/C15H22N2O3/c1-10-7-13(19-3)14(20-4)8-12(10)15(18)17(2)11-5-6-16-9-11/h7-8,11,16H,5-6,9H2,1-4H3/t11-/m0/s1. The quantitative estimate of drug-likeness (QED) is 0.905. The van der Waals surface area contributed by atoms with Crippen LogP contribution in [0.2, 0.25) is 0 Å². The molecule has 5 heteroatoms. The molecule has 1 aromatic carbocycles. The summed E-state index contributed by atoms with van der Waals surface area (Å²) in [4.78, 5) is 14.4. The molecule has 1 atom stereocenters. The van der Waals surface area contributed by atoms with Crippen molar-refractivity contribution in [2.24, 2.45) is 0 Å². The average Bonchev–Trinajstić information content (AvgIpc) is 2.99. The minimum Gasteiger partial charge on any atom is -0.493 e. The third-order valence-corrected chi connectivity index (χ3v) is 3.86. The maximum atomic E-state index is 12.6. The SMILES string of the molecule is COc1cc(C)c(C(=O)N(C)[C@H]2CCNC2)cc1OC. The number of benzene rings is 1. The number of carbonyl (C=O) groups is 1. The van der Waals surface area contributed by atoms with Gasteiger partial charge in [-0.15, -0.1) is 0 Å². The van der Waals surface area contributed by atoms with Crippen LogP contribution in [0.15, 0.2) is 12.1 Å². The molecule has 0 spiro atoms. The van der Waals surface area contributed by atoms with Crippen molar-refractivity contribution >= 4 is 5.91 Å². The lowest BCUT2D eigenvalue weighted by molar-refractivity contribution is 0.0742. The molecule has 0 saturated carbocycles. The summed E-state index contributed by atoms with van der Waals surface area (Å²) >= 11 is 0. The largest absolute Gasteiger partial charge is 0.493 e. The highest BCUT2D eigenvalue weighted by Crippen LogP contribution is 2.31. The van der Waals surface area contributed by atoms with E-state index in [1.807, 2.05) is 24.9 Å². The summed E-state index contributed by atoms with van der Waals surface area (Å²) in [5.41, 5.74) is 1.56. The van der Waals surface area contributed by atoms with Crippen LogP contribution in [0, 0.1) is 6.92 Å². The molecule has 0 aromatic heterocycles. The first-order valence-electron chi connectivity index (χ1n) is 6.79. The van der Waals surface area contributed by atoms with Gasteiger partial charge in [0.15, 0.2) is 11.5 Å². The molecule has 1 aromatic rings. The highest BCUT2D eigenvalue weighted by Gasteiger charge is 2.25. The summed E-state index contributed by atoms with van der Waals surface area (Å²) < 4.78 is 10.5. The monoisotopic (exact) mass is 278 g/mol. The number of likely N-dealkylation sites (N-methyl/N-ethyl adjacent to an activating group) is 1. The smallest absolute Gasteiger partial charge is 0.254 e. The summed E-state index contributed by atoms with van der Waals surface area (Å²) in [6.07, 6.45) is 0.995. The van der Waals surface area contributed by atoms with Crippen LogP contribution in [-0.4, -0.2) is 51.2 Å². The molecular weight excluding hydrogens is 256 g/mol. The van der Waals surface area contributed by atoms with Crippen LogP contribution in [0.5, 0.6) is 11.5 Å². The van der Waals surface area contributed by atoms with Gasteiger partial charge < -0.3 is 19.7 Å². The Hall–Kier alpha value is -1.75. The first kappa shape index (κ1) is 14.7. The predicted molar refractivity (Wildman–Crippen MR) is 77.7 cm³/mol. The Bertz CT molecular complexity index is 496. The van der Waals surface area contributed by atoms with Gasteiger partial charge in [0.2, 0.25) is 0 Å². The number of aryl methyl sites for hydroxylation is 1. The van der Waals surface area contributed by atoms with E-state index >= 15 is 0 Å². The number of nitrogens with one attached hydrogen (secondary N) is 1. The Morgan fingerprint density at radius 3 is 2.50 bits per heavy atom. The second-order valence-corrected chi connectivity index (χ2v) is 5.08. The topological polar surface area (TPSA) is 50.8 Å². The summed E-state index contributed by atoms with van der Waals surface area (Å²) in [6.45, 7) is 3.73. The van der Waals surface area contributed by atoms with Crippen molar-refractivity contribution in [1.29, 1.82) is 0 Å². The lowest BCUT2D eigenvalue weighted by Gasteiger charge is -2.25. The number of amides is 1. The second-order valence-electron chi connectivity index (χ2n) is 5.08. The van der Waals surface area contributed by atoms with Crippen molar-refractivity contribution in [3.05, 3.63) is 23.3 Å². The molecule has 2 rings (SSSR count). The van der Waals surface area contributed by atoms with E-state index in [0.29, 0.717) is 17.1 Å². The van der Waals surface area contributed by atoms with E-state index in [2.05, 4.69) is 5.32 Å². The fourth-order valence-electron chi connectivity index (χ4n) is 2.54. The molecule has 5 nitrogen and oxygen atoms in total. The summed E-state index contributed by atoms with van der Waals surface area (Å²) in [6, 6.07) is 3.86. The van der Waals surface area contributed by atoms with Gasteiger partial charge in [-0.1, -0.05) is 0 Å². The molecule has 0 radical (unpaired) electrons. The van der Waals surface area contributed by atoms with Crippen LogP contribution in [0.3, 0.4) is 0 Å². The number of hydrogen-bond acceptors (Lipinski definition) is 4. The molecule has 1 fully saturated rings. The highest BCUT2D eigenvalue weighted by molar-refractivity contribution is 5.96. The second kappa shape index (κ2) is 6.13. The molecular formula is C15H22N2O3. The Kier molecular flexibility index (Phi) is 4.49. The molecule has 0 unspecified atom stereocenters.